The highest BCUT2D eigenvalue weighted by atomic mass is 16.5. The second-order valence-electron chi connectivity index (χ2n) is 5.05. The minimum atomic E-state index is 0.535. The molecule has 15 heavy (non-hydrogen) atoms. The first-order valence-corrected chi connectivity index (χ1v) is 6.35. The molecule has 0 bridgehead atoms. The predicted octanol–water partition coefficient (Wildman–Crippen LogP) is 0.999. The van der Waals surface area contributed by atoms with Gasteiger partial charge in [-0.05, 0) is 51.2 Å². The molecule has 3 heteroatoms. The van der Waals surface area contributed by atoms with Gasteiger partial charge in [0.15, 0.2) is 0 Å². The summed E-state index contributed by atoms with van der Waals surface area (Å²) in [4.78, 5) is 0. The lowest BCUT2D eigenvalue weighted by atomic mass is 9.86. The number of ether oxygens (including phenoxy) is 1. The molecule has 0 spiro atoms. The van der Waals surface area contributed by atoms with E-state index in [1.165, 1.54) is 32.5 Å². The lowest BCUT2D eigenvalue weighted by Gasteiger charge is -2.38. The molecule has 3 nitrogen and oxygen atoms in total. The van der Waals surface area contributed by atoms with Crippen molar-refractivity contribution in [2.45, 2.75) is 38.8 Å². The van der Waals surface area contributed by atoms with Gasteiger partial charge in [0, 0.05) is 12.6 Å². The Morgan fingerprint density at radius 2 is 2.13 bits per heavy atom. The summed E-state index contributed by atoms with van der Waals surface area (Å²) in [6, 6.07) is 0.719. The van der Waals surface area contributed by atoms with Crippen LogP contribution in [-0.4, -0.2) is 38.4 Å². The number of rotatable bonds is 6. The second-order valence-corrected chi connectivity index (χ2v) is 5.05. The van der Waals surface area contributed by atoms with Crippen molar-refractivity contribution < 1.29 is 4.74 Å². The maximum absolute atomic E-state index is 5.54. The molecule has 1 atom stereocenters. The zero-order valence-corrected chi connectivity index (χ0v) is 9.96. The molecule has 2 rings (SSSR count). The summed E-state index contributed by atoms with van der Waals surface area (Å²) in [5.74, 6) is 1.72. The van der Waals surface area contributed by atoms with Gasteiger partial charge in [-0.25, -0.2) is 0 Å². The summed E-state index contributed by atoms with van der Waals surface area (Å²) in [5, 5.41) is 6.98. The summed E-state index contributed by atoms with van der Waals surface area (Å²) >= 11 is 0. The van der Waals surface area contributed by atoms with Crippen molar-refractivity contribution >= 4 is 0 Å². The molecular formula is C12H24N2O. The maximum Gasteiger partial charge on any atom is 0.0604 e. The van der Waals surface area contributed by atoms with Crippen molar-refractivity contribution in [3.05, 3.63) is 0 Å². The van der Waals surface area contributed by atoms with E-state index in [-0.39, 0.29) is 0 Å². The fourth-order valence-corrected chi connectivity index (χ4v) is 2.34. The lowest BCUT2D eigenvalue weighted by Crippen LogP contribution is -2.51. The minimum absolute atomic E-state index is 0.535. The van der Waals surface area contributed by atoms with Gasteiger partial charge < -0.3 is 15.4 Å². The van der Waals surface area contributed by atoms with Gasteiger partial charge in [0.25, 0.3) is 0 Å². The van der Waals surface area contributed by atoms with E-state index in [0.29, 0.717) is 6.10 Å². The van der Waals surface area contributed by atoms with Crippen LogP contribution >= 0.6 is 0 Å². The normalized spacial score (nSPS) is 33.2. The quantitative estimate of drug-likeness (QED) is 0.689. The summed E-state index contributed by atoms with van der Waals surface area (Å²) in [5.41, 5.74) is 0. The molecule has 2 N–H and O–H groups in total. The van der Waals surface area contributed by atoms with Crippen LogP contribution in [0.1, 0.15) is 26.7 Å². The summed E-state index contributed by atoms with van der Waals surface area (Å²) in [6.07, 6.45) is 2.96. The van der Waals surface area contributed by atoms with E-state index < -0.39 is 0 Å². The Labute approximate surface area is 93.0 Å². The first-order chi connectivity index (χ1) is 7.29. The van der Waals surface area contributed by atoms with E-state index in [2.05, 4.69) is 24.5 Å². The van der Waals surface area contributed by atoms with Gasteiger partial charge in [0.1, 0.15) is 0 Å². The second kappa shape index (κ2) is 5.28. The Bertz CT molecular complexity index is 188. The predicted molar refractivity (Wildman–Crippen MR) is 62.0 cm³/mol. The summed E-state index contributed by atoms with van der Waals surface area (Å²) < 4.78 is 5.54. The molecule has 2 aliphatic rings. The molecule has 88 valence electrons. The average molecular weight is 212 g/mol. The Morgan fingerprint density at radius 1 is 1.40 bits per heavy atom. The Hall–Kier alpha value is -0.120. The average Bonchev–Trinajstić information content (AvgIpc) is 2.05. The molecule has 1 saturated heterocycles. The third-order valence-electron chi connectivity index (χ3n) is 3.84. The Kier molecular flexibility index (Phi) is 4.00. The van der Waals surface area contributed by atoms with Crippen LogP contribution in [0.5, 0.6) is 0 Å². The Morgan fingerprint density at radius 3 is 2.67 bits per heavy atom. The zero-order valence-electron chi connectivity index (χ0n) is 9.96. The van der Waals surface area contributed by atoms with Crippen LogP contribution in [-0.2, 0) is 4.74 Å². The van der Waals surface area contributed by atoms with E-state index in [0.717, 1.165) is 24.5 Å². The van der Waals surface area contributed by atoms with Crippen LogP contribution in [0.2, 0.25) is 0 Å². The first kappa shape index (κ1) is 11.4. The van der Waals surface area contributed by atoms with Crippen LogP contribution in [0.3, 0.4) is 0 Å². The summed E-state index contributed by atoms with van der Waals surface area (Å²) in [7, 11) is 0. The SMILES string of the molecule is CCOC1CC(NCC(C)C2CNC2)C1. The van der Waals surface area contributed by atoms with Gasteiger partial charge in [-0.15, -0.1) is 0 Å². The van der Waals surface area contributed by atoms with Crippen LogP contribution in [0.4, 0.5) is 0 Å². The minimum Gasteiger partial charge on any atom is -0.378 e. The Balaban J connectivity index is 1.52. The fraction of sp³-hybridized carbons (Fsp3) is 1.00. The highest BCUT2D eigenvalue weighted by molar-refractivity contribution is 4.88. The van der Waals surface area contributed by atoms with Crippen LogP contribution in [0.25, 0.3) is 0 Å². The largest absolute Gasteiger partial charge is 0.378 e. The highest BCUT2D eigenvalue weighted by Gasteiger charge is 2.30. The van der Waals surface area contributed by atoms with Crippen LogP contribution in [0.15, 0.2) is 0 Å². The van der Waals surface area contributed by atoms with E-state index in [1.54, 1.807) is 0 Å². The molecule has 1 heterocycles. The third kappa shape index (κ3) is 2.92. The molecule has 0 aromatic carbocycles. The van der Waals surface area contributed by atoms with Gasteiger partial charge in [-0.3, -0.25) is 0 Å². The molecule has 1 saturated carbocycles. The van der Waals surface area contributed by atoms with Crippen molar-refractivity contribution in [1.29, 1.82) is 0 Å². The van der Waals surface area contributed by atoms with Crippen molar-refractivity contribution in [3.63, 3.8) is 0 Å². The number of hydrogen-bond donors (Lipinski definition) is 2. The smallest absolute Gasteiger partial charge is 0.0604 e. The van der Waals surface area contributed by atoms with Crippen molar-refractivity contribution in [1.82, 2.24) is 10.6 Å². The van der Waals surface area contributed by atoms with Crippen molar-refractivity contribution in [2.75, 3.05) is 26.2 Å². The van der Waals surface area contributed by atoms with Crippen molar-refractivity contribution in [2.24, 2.45) is 11.8 Å². The van der Waals surface area contributed by atoms with Gasteiger partial charge in [0.2, 0.25) is 0 Å². The molecule has 1 aliphatic carbocycles. The molecule has 1 unspecified atom stereocenters. The number of nitrogens with one attached hydrogen (secondary N) is 2. The first-order valence-electron chi connectivity index (χ1n) is 6.35. The molecule has 0 aromatic rings. The molecule has 2 fully saturated rings. The van der Waals surface area contributed by atoms with Gasteiger partial charge in [-0.2, -0.15) is 0 Å². The standard InChI is InChI=1S/C12H24N2O/c1-3-15-12-4-11(5-12)14-6-9(2)10-7-13-8-10/h9-14H,3-8H2,1-2H3. The molecule has 0 amide bonds. The van der Waals surface area contributed by atoms with E-state index in [1.807, 2.05) is 0 Å². The van der Waals surface area contributed by atoms with E-state index >= 15 is 0 Å². The lowest BCUT2D eigenvalue weighted by molar-refractivity contribution is -0.0111. The zero-order chi connectivity index (χ0) is 10.7. The fourth-order valence-electron chi connectivity index (χ4n) is 2.34. The maximum atomic E-state index is 5.54. The molecular weight excluding hydrogens is 188 g/mol. The molecule has 1 aliphatic heterocycles. The van der Waals surface area contributed by atoms with Crippen LogP contribution in [0, 0.1) is 11.8 Å². The summed E-state index contributed by atoms with van der Waals surface area (Å²) in [6.45, 7) is 8.91. The third-order valence-corrected chi connectivity index (χ3v) is 3.84. The van der Waals surface area contributed by atoms with Crippen molar-refractivity contribution in [3.8, 4) is 0 Å². The van der Waals surface area contributed by atoms with Gasteiger partial charge >= 0.3 is 0 Å². The molecule has 0 aromatic heterocycles. The molecule has 0 radical (unpaired) electrons. The number of hydrogen-bond acceptors (Lipinski definition) is 3. The monoisotopic (exact) mass is 212 g/mol. The van der Waals surface area contributed by atoms with Crippen LogP contribution < -0.4 is 10.6 Å². The van der Waals surface area contributed by atoms with E-state index in [4.69, 9.17) is 4.74 Å². The topological polar surface area (TPSA) is 33.3 Å². The van der Waals surface area contributed by atoms with E-state index in [9.17, 15) is 0 Å². The van der Waals surface area contributed by atoms with Gasteiger partial charge in [-0.1, -0.05) is 6.92 Å². The van der Waals surface area contributed by atoms with Gasteiger partial charge in [0.05, 0.1) is 6.10 Å². The highest BCUT2D eigenvalue weighted by Crippen LogP contribution is 2.24.